The number of benzene rings is 2. The van der Waals surface area contributed by atoms with Crippen LogP contribution in [0.4, 0.5) is 5.13 Å². The number of anilines is 1. The van der Waals surface area contributed by atoms with E-state index in [-0.39, 0.29) is 6.54 Å². The van der Waals surface area contributed by atoms with Crippen molar-refractivity contribution in [2.45, 2.75) is 13.5 Å². The van der Waals surface area contributed by atoms with Gasteiger partial charge in [-0.15, -0.1) is 0 Å². The number of carbonyl (C=O) groups excluding carboxylic acids is 3. The molecule has 3 amide bonds. The number of imide groups is 1. The number of hydrogen-bond acceptors (Lipinski definition) is 7. The zero-order valence-electron chi connectivity index (χ0n) is 17.7. The zero-order valence-corrected chi connectivity index (χ0v) is 18.5. The first-order valence-corrected chi connectivity index (χ1v) is 11.2. The van der Waals surface area contributed by atoms with Crippen molar-refractivity contribution in [3.63, 3.8) is 0 Å². The zero-order chi connectivity index (χ0) is 22.9. The Bertz CT molecular complexity index is 1330. The minimum absolute atomic E-state index is 0.110. The number of hydrogen-bond donors (Lipinski definition) is 0. The first-order chi connectivity index (χ1) is 16.1. The van der Waals surface area contributed by atoms with Gasteiger partial charge in [0.15, 0.2) is 5.13 Å². The van der Waals surface area contributed by atoms with E-state index in [1.54, 1.807) is 36.4 Å². The second kappa shape index (κ2) is 8.51. The molecule has 0 radical (unpaired) electrons. The maximum atomic E-state index is 13.4. The van der Waals surface area contributed by atoms with Crippen LogP contribution >= 0.6 is 11.3 Å². The van der Waals surface area contributed by atoms with Crippen molar-refractivity contribution in [2.75, 3.05) is 18.1 Å². The standard InChI is InChI=1S/C24H19N3O5S/c1-2-31-18-10-5-11-19-21(18)25-24(33-19)26(13-15-7-6-12-32-15)20(28)14-27-22(29)16-8-3-4-9-17(16)23(27)30/h3-12H,2,13-14H2,1H3. The minimum atomic E-state index is -0.482. The van der Waals surface area contributed by atoms with Crippen LogP contribution in [-0.2, 0) is 11.3 Å². The first-order valence-electron chi connectivity index (χ1n) is 10.4. The lowest BCUT2D eigenvalue weighted by Gasteiger charge is -2.21. The molecule has 0 atom stereocenters. The molecule has 1 aliphatic rings. The van der Waals surface area contributed by atoms with Gasteiger partial charge in [0.05, 0.1) is 35.2 Å². The second-order valence-corrected chi connectivity index (χ2v) is 8.34. The molecule has 5 rings (SSSR count). The van der Waals surface area contributed by atoms with Gasteiger partial charge in [0, 0.05) is 0 Å². The molecule has 3 heterocycles. The number of nitrogens with zero attached hydrogens (tertiary/aromatic N) is 3. The average molecular weight is 461 g/mol. The Morgan fingerprint density at radius 3 is 2.48 bits per heavy atom. The van der Waals surface area contributed by atoms with Crippen LogP contribution in [0.5, 0.6) is 5.75 Å². The molecular formula is C24H19N3O5S. The van der Waals surface area contributed by atoms with E-state index in [9.17, 15) is 14.4 Å². The van der Waals surface area contributed by atoms with Gasteiger partial charge in [-0.05, 0) is 43.3 Å². The van der Waals surface area contributed by atoms with E-state index < -0.39 is 24.3 Å². The summed E-state index contributed by atoms with van der Waals surface area (Å²) in [5.74, 6) is -0.231. The summed E-state index contributed by atoms with van der Waals surface area (Å²) in [5, 5.41) is 0.426. The highest BCUT2D eigenvalue weighted by Crippen LogP contribution is 2.35. The Morgan fingerprint density at radius 1 is 1.06 bits per heavy atom. The van der Waals surface area contributed by atoms with E-state index in [2.05, 4.69) is 4.98 Å². The molecule has 2 aromatic heterocycles. The third kappa shape index (κ3) is 3.76. The highest BCUT2D eigenvalue weighted by Gasteiger charge is 2.37. The fourth-order valence-corrected chi connectivity index (χ4v) is 4.72. The van der Waals surface area contributed by atoms with Gasteiger partial charge in [0.25, 0.3) is 11.8 Å². The summed E-state index contributed by atoms with van der Waals surface area (Å²) < 4.78 is 12.0. The van der Waals surface area contributed by atoms with E-state index in [4.69, 9.17) is 9.15 Å². The summed E-state index contributed by atoms with van der Waals surface area (Å²) in [7, 11) is 0. The topological polar surface area (TPSA) is 93.0 Å². The quantitative estimate of drug-likeness (QED) is 0.385. The SMILES string of the molecule is CCOc1cccc2sc(N(Cc3ccco3)C(=O)CN3C(=O)c4ccccc4C3=O)nc12. The molecule has 0 fully saturated rings. The Kier molecular flexibility index (Phi) is 5.39. The van der Waals surface area contributed by atoms with Crippen molar-refractivity contribution in [2.24, 2.45) is 0 Å². The highest BCUT2D eigenvalue weighted by molar-refractivity contribution is 7.22. The van der Waals surface area contributed by atoms with Gasteiger partial charge in [0.1, 0.15) is 23.6 Å². The van der Waals surface area contributed by atoms with Crippen LogP contribution in [0.1, 0.15) is 33.4 Å². The van der Waals surface area contributed by atoms with Gasteiger partial charge in [0.2, 0.25) is 5.91 Å². The van der Waals surface area contributed by atoms with Crippen molar-refractivity contribution < 1.29 is 23.5 Å². The van der Waals surface area contributed by atoms with Gasteiger partial charge >= 0.3 is 0 Å². The monoisotopic (exact) mass is 461 g/mol. The number of furan rings is 1. The van der Waals surface area contributed by atoms with Crippen molar-refractivity contribution in [3.8, 4) is 5.75 Å². The molecule has 33 heavy (non-hydrogen) atoms. The van der Waals surface area contributed by atoms with E-state index in [1.807, 2.05) is 25.1 Å². The molecule has 0 unspecified atom stereocenters. The molecule has 0 N–H and O–H groups in total. The van der Waals surface area contributed by atoms with Crippen LogP contribution < -0.4 is 9.64 Å². The molecular weight excluding hydrogens is 442 g/mol. The number of ether oxygens (including phenoxy) is 1. The Labute approximate surface area is 193 Å². The maximum absolute atomic E-state index is 13.4. The van der Waals surface area contributed by atoms with Crippen LogP contribution in [-0.4, -0.2) is 40.8 Å². The van der Waals surface area contributed by atoms with Crippen molar-refractivity contribution in [3.05, 3.63) is 77.7 Å². The summed E-state index contributed by atoms with van der Waals surface area (Å²) in [6, 6.07) is 15.6. The number of fused-ring (bicyclic) bond motifs is 2. The fraction of sp³-hybridized carbons (Fsp3) is 0.167. The largest absolute Gasteiger partial charge is 0.492 e. The summed E-state index contributed by atoms with van der Waals surface area (Å²) in [6.45, 7) is 2.09. The third-order valence-electron chi connectivity index (χ3n) is 5.27. The number of amides is 3. The van der Waals surface area contributed by atoms with Crippen LogP contribution in [0.25, 0.3) is 10.2 Å². The van der Waals surface area contributed by atoms with Crippen molar-refractivity contribution in [1.29, 1.82) is 0 Å². The Hall–Kier alpha value is -3.98. The molecule has 0 aliphatic carbocycles. The average Bonchev–Trinajstić information content (AvgIpc) is 3.54. The lowest BCUT2D eigenvalue weighted by Crippen LogP contribution is -2.42. The van der Waals surface area contributed by atoms with E-state index in [0.29, 0.717) is 39.9 Å². The van der Waals surface area contributed by atoms with E-state index in [0.717, 1.165) is 9.60 Å². The number of carbonyl (C=O) groups is 3. The maximum Gasteiger partial charge on any atom is 0.262 e. The Balaban J connectivity index is 1.48. The van der Waals surface area contributed by atoms with Crippen LogP contribution in [0.15, 0.2) is 65.3 Å². The van der Waals surface area contributed by atoms with Gasteiger partial charge in [-0.1, -0.05) is 29.5 Å². The number of para-hydroxylation sites is 1. The van der Waals surface area contributed by atoms with E-state index >= 15 is 0 Å². The molecule has 4 aromatic rings. The van der Waals surface area contributed by atoms with Crippen molar-refractivity contribution >= 4 is 44.4 Å². The summed E-state index contributed by atoms with van der Waals surface area (Å²) in [4.78, 5) is 46.0. The molecule has 0 bridgehead atoms. The smallest absolute Gasteiger partial charge is 0.262 e. The van der Waals surface area contributed by atoms with Crippen LogP contribution in [0, 0.1) is 0 Å². The predicted molar refractivity (Wildman–Crippen MR) is 122 cm³/mol. The van der Waals surface area contributed by atoms with Crippen molar-refractivity contribution in [1.82, 2.24) is 9.88 Å². The van der Waals surface area contributed by atoms with Crippen LogP contribution in [0.3, 0.4) is 0 Å². The van der Waals surface area contributed by atoms with Gasteiger partial charge in [-0.2, -0.15) is 0 Å². The van der Waals surface area contributed by atoms with Gasteiger partial charge < -0.3 is 9.15 Å². The second-order valence-electron chi connectivity index (χ2n) is 7.33. The minimum Gasteiger partial charge on any atom is -0.492 e. The lowest BCUT2D eigenvalue weighted by atomic mass is 10.1. The predicted octanol–water partition coefficient (Wildman–Crippen LogP) is 4.12. The molecule has 9 heteroatoms. The molecule has 0 spiro atoms. The third-order valence-corrected chi connectivity index (χ3v) is 6.31. The van der Waals surface area contributed by atoms with Gasteiger partial charge in [-0.3, -0.25) is 24.2 Å². The molecule has 0 saturated heterocycles. The lowest BCUT2D eigenvalue weighted by molar-refractivity contribution is -0.119. The first kappa shape index (κ1) is 20.9. The normalized spacial score (nSPS) is 12.9. The number of aromatic nitrogens is 1. The molecule has 8 nitrogen and oxygen atoms in total. The van der Waals surface area contributed by atoms with Gasteiger partial charge in [-0.25, -0.2) is 4.98 Å². The summed E-state index contributed by atoms with van der Waals surface area (Å²) >= 11 is 1.33. The molecule has 166 valence electrons. The molecule has 0 saturated carbocycles. The highest BCUT2D eigenvalue weighted by atomic mass is 32.1. The molecule has 1 aliphatic heterocycles. The van der Waals surface area contributed by atoms with Crippen LogP contribution in [0.2, 0.25) is 0 Å². The fourth-order valence-electron chi connectivity index (χ4n) is 3.72. The Morgan fingerprint density at radius 2 is 1.82 bits per heavy atom. The summed E-state index contributed by atoms with van der Waals surface area (Å²) in [5.41, 5.74) is 1.25. The summed E-state index contributed by atoms with van der Waals surface area (Å²) in [6.07, 6.45) is 1.52. The van der Waals surface area contributed by atoms with E-state index in [1.165, 1.54) is 22.5 Å². The number of thiazole rings is 1. The number of rotatable bonds is 7. The molecule has 2 aromatic carbocycles.